The first-order valence-corrected chi connectivity index (χ1v) is 5.10. The van der Waals surface area contributed by atoms with E-state index in [9.17, 15) is 0 Å². The summed E-state index contributed by atoms with van der Waals surface area (Å²) < 4.78 is 10.6. The molecule has 0 amide bonds. The molecule has 0 aliphatic heterocycles. The summed E-state index contributed by atoms with van der Waals surface area (Å²) in [6, 6.07) is 6.97. The van der Waals surface area contributed by atoms with Crippen LogP contribution in [-0.2, 0) is 0 Å². The van der Waals surface area contributed by atoms with Crippen molar-refractivity contribution in [1.29, 1.82) is 0 Å². The van der Waals surface area contributed by atoms with Gasteiger partial charge >= 0.3 is 0 Å². The van der Waals surface area contributed by atoms with E-state index in [-0.39, 0.29) is 0 Å². The van der Waals surface area contributed by atoms with Gasteiger partial charge in [0.25, 0.3) is 0 Å². The van der Waals surface area contributed by atoms with Gasteiger partial charge in [0.15, 0.2) is 5.75 Å². The van der Waals surface area contributed by atoms with Gasteiger partial charge in [-0.1, -0.05) is 0 Å². The Balaban J connectivity index is 2.32. The number of rotatable bonds is 3. The largest absolute Gasteiger partial charge is 0.481 e. The van der Waals surface area contributed by atoms with Gasteiger partial charge in [0.05, 0.1) is 18.5 Å². The first-order chi connectivity index (χ1) is 8.20. The van der Waals surface area contributed by atoms with Crippen molar-refractivity contribution in [2.75, 3.05) is 12.8 Å². The summed E-state index contributed by atoms with van der Waals surface area (Å²) in [5.74, 6) is 1.40. The molecular weight excluding hydrogens is 218 g/mol. The Labute approximate surface area is 99.2 Å². The Kier molecular flexibility index (Phi) is 3.09. The molecule has 2 N–H and O–H groups in total. The van der Waals surface area contributed by atoms with Gasteiger partial charge in [-0.05, 0) is 25.1 Å². The number of ether oxygens (including phenoxy) is 2. The van der Waals surface area contributed by atoms with E-state index < -0.39 is 0 Å². The Hall–Kier alpha value is -2.30. The molecule has 2 aromatic heterocycles. The van der Waals surface area contributed by atoms with Crippen LogP contribution in [0.5, 0.6) is 17.5 Å². The molecule has 0 aliphatic carbocycles. The van der Waals surface area contributed by atoms with Crippen LogP contribution in [0, 0.1) is 6.92 Å². The minimum absolute atomic E-state index is 0.320. The van der Waals surface area contributed by atoms with Crippen molar-refractivity contribution in [3.8, 4) is 17.5 Å². The number of nitrogen functional groups attached to an aromatic ring is 1. The fourth-order valence-corrected chi connectivity index (χ4v) is 1.31. The van der Waals surface area contributed by atoms with Crippen molar-refractivity contribution in [2.45, 2.75) is 6.92 Å². The van der Waals surface area contributed by atoms with Crippen molar-refractivity contribution >= 4 is 5.69 Å². The van der Waals surface area contributed by atoms with Gasteiger partial charge in [0, 0.05) is 12.3 Å². The van der Waals surface area contributed by atoms with Crippen molar-refractivity contribution in [1.82, 2.24) is 9.97 Å². The minimum Gasteiger partial charge on any atom is -0.481 e. The zero-order valence-electron chi connectivity index (χ0n) is 9.68. The highest BCUT2D eigenvalue weighted by molar-refractivity contribution is 5.51. The SMILES string of the molecule is COc1ccc(N)c(Oc2cccnc2C)n1. The Morgan fingerprint density at radius 2 is 2.06 bits per heavy atom. The number of hydrogen-bond acceptors (Lipinski definition) is 5. The molecule has 5 nitrogen and oxygen atoms in total. The summed E-state index contributed by atoms with van der Waals surface area (Å²) in [6.07, 6.45) is 1.70. The summed E-state index contributed by atoms with van der Waals surface area (Å²) in [5.41, 5.74) is 7.01. The Morgan fingerprint density at radius 1 is 1.24 bits per heavy atom. The predicted molar refractivity (Wildman–Crippen MR) is 64.2 cm³/mol. The number of anilines is 1. The van der Waals surface area contributed by atoms with Crippen LogP contribution < -0.4 is 15.2 Å². The van der Waals surface area contributed by atoms with E-state index in [1.54, 1.807) is 24.4 Å². The number of nitrogens with two attached hydrogens (primary N) is 1. The van der Waals surface area contributed by atoms with Crippen LogP contribution in [0.3, 0.4) is 0 Å². The number of hydrogen-bond donors (Lipinski definition) is 1. The van der Waals surface area contributed by atoms with Gasteiger partial charge in [0.2, 0.25) is 11.8 Å². The van der Waals surface area contributed by atoms with Crippen molar-refractivity contribution in [3.63, 3.8) is 0 Å². The molecule has 0 bridgehead atoms. The third kappa shape index (κ3) is 2.44. The fourth-order valence-electron chi connectivity index (χ4n) is 1.31. The average Bonchev–Trinajstić information content (AvgIpc) is 2.35. The number of aryl methyl sites for hydroxylation is 1. The third-order valence-corrected chi connectivity index (χ3v) is 2.24. The first-order valence-electron chi connectivity index (χ1n) is 5.10. The highest BCUT2D eigenvalue weighted by Gasteiger charge is 2.08. The van der Waals surface area contributed by atoms with Crippen LogP contribution >= 0.6 is 0 Å². The average molecular weight is 231 g/mol. The van der Waals surface area contributed by atoms with Gasteiger partial charge < -0.3 is 15.2 Å². The van der Waals surface area contributed by atoms with Crippen molar-refractivity contribution in [3.05, 3.63) is 36.2 Å². The molecular formula is C12H13N3O2. The molecule has 0 aromatic carbocycles. The lowest BCUT2D eigenvalue weighted by molar-refractivity contribution is 0.383. The second-order valence-corrected chi connectivity index (χ2v) is 3.44. The zero-order chi connectivity index (χ0) is 12.3. The van der Waals surface area contributed by atoms with E-state index in [1.807, 2.05) is 13.0 Å². The molecule has 0 fully saturated rings. The standard InChI is InChI=1S/C12H13N3O2/c1-8-10(4-3-7-14-8)17-12-9(13)5-6-11(15-12)16-2/h3-7H,13H2,1-2H3. The molecule has 0 radical (unpaired) electrons. The highest BCUT2D eigenvalue weighted by atomic mass is 16.5. The maximum Gasteiger partial charge on any atom is 0.246 e. The monoisotopic (exact) mass is 231 g/mol. The molecule has 0 atom stereocenters. The lowest BCUT2D eigenvalue weighted by atomic mass is 10.3. The maximum absolute atomic E-state index is 5.78. The number of aromatic nitrogens is 2. The van der Waals surface area contributed by atoms with Gasteiger partial charge in [-0.2, -0.15) is 4.98 Å². The molecule has 5 heteroatoms. The Bertz CT molecular complexity index is 529. The van der Waals surface area contributed by atoms with E-state index in [1.165, 1.54) is 7.11 Å². The summed E-state index contributed by atoms with van der Waals surface area (Å²) in [4.78, 5) is 8.25. The van der Waals surface area contributed by atoms with Crippen LogP contribution in [0.15, 0.2) is 30.5 Å². The number of nitrogens with zero attached hydrogens (tertiary/aromatic N) is 2. The van der Waals surface area contributed by atoms with E-state index in [0.29, 0.717) is 23.2 Å². The van der Waals surface area contributed by atoms with Gasteiger partial charge in [0.1, 0.15) is 0 Å². The second kappa shape index (κ2) is 4.69. The highest BCUT2D eigenvalue weighted by Crippen LogP contribution is 2.28. The number of methoxy groups -OCH3 is 1. The van der Waals surface area contributed by atoms with Gasteiger partial charge in [-0.15, -0.1) is 0 Å². The smallest absolute Gasteiger partial charge is 0.246 e. The molecule has 0 spiro atoms. The molecule has 0 saturated heterocycles. The predicted octanol–water partition coefficient (Wildman–Crippen LogP) is 2.17. The van der Waals surface area contributed by atoms with E-state index >= 15 is 0 Å². The van der Waals surface area contributed by atoms with E-state index in [0.717, 1.165) is 5.69 Å². The first kappa shape index (κ1) is 11.2. The topological polar surface area (TPSA) is 70.3 Å². The van der Waals surface area contributed by atoms with Crippen LogP contribution in [0.25, 0.3) is 0 Å². The molecule has 2 rings (SSSR count). The second-order valence-electron chi connectivity index (χ2n) is 3.44. The normalized spacial score (nSPS) is 10.0. The van der Waals surface area contributed by atoms with Crippen LogP contribution in [0.1, 0.15) is 5.69 Å². The molecule has 0 aliphatic rings. The summed E-state index contributed by atoms with van der Waals surface area (Å²) in [5, 5.41) is 0. The molecule has 88 valence electrons. The lowest BCUT2D eigenvalue weighted by Gasteiger charge is -2.09. The molecule has 0 unspecified atom stereocenters. The summed E-state index contributed by atoms with van der Waals surface area (Å²) >= 11 is 0. The van der Waals surface area contributed by atoms with Gasteiger partial charge in [-0.25, -0.2) is 0 Å². The molecule has 0 saturated carbocycles. The fraction of sp³-hybridized carbons (Fsp3) is 0.167. The van der Waals surface area contributed by atoms with Crippen LogP contribution in [0.2, 0.25) is 0 Å². The van der Waals surface area contributed by atoms with E-state index in [2.05, 4.69) is 9.97 Å². The van der Waals surface area contributed by atoms with E-state index in [4.69, 9.17) is 15.2 Å². The van der Waals surface area contributed by atoms with Gasteiger partial charge in [-0.3, -0.25) is 4.98 Å². The summed E-state index contributed by atoms with van der Waals surface area (Å²) in [6.45, 7) is 1.85. The molecule has 2 heterocycles. The Morgan fingerprint density at radius 3 is 2.76 bits per heavy atom. The zero-order valence-corrected chi connectivity index (χ0v) is 9.68. The molecule has 2 aromatic rings. The quantitative estimate of drug-likeness (QED) is 0.876. The van der Waals surface area contributed by atoms with Crippen molar-refractivity contribution in [2.24, 2.45) is 0 Å². The maximum atomic E-state index is 5.78. The van der Waals surface area contributed by atoms with Crippen LogP contribution in [0.4, 0.5) is 5.69 Å². The lowest BCUT2D eigenvalue weighted by Crippen LogP contribution is -1.98. The number of pyridine rings is 2. The molecule has 17 heavy (non-hydrogen) atoms. The summed E-state index contributed by atoms with van der Waals surface area (Å²) in [7, 11) is 1.54. The van der Waals surface area contributed by atoms with Crippen molar-refractivity contribution < 1.29 is 9.47 Å². The minimum atomic E-state index is 0.320. The third-order valence-electron chi connectivity index (χ3n) is 2.24. The van der Waals surface area contributed by atoms with Crippen LogP contribution in [-0.4, -0.2) is 17.1 Å².